The Morgan fingerprint density at radius 3 is 2.15 bits per heavy atom. The van der Waals surface area contributed by atoms with Gasteiger partial charge < -0.3 is 32.5 Å². The third-order valence-corrected chi connectivity index (χ3v) is 4.21. The molecular formula is C17H33N5O5. The highest BCUT2D eigenvalue weighted by Gasteiger charge is 2.29. The number of carbonyl (C=O) groups is 4. The van der Waals surface area contributed by atoms with Crippen LogP contribution in [0.5, 0.6) is 0 Å². The highest BCUT2D eigenvalue weighted by atomic mass is 16.4. The number of unbranched alkanes of at least 4 members (excludes halogenated alkanes) is 1. The molecule has 3 amide bonds. The lowest BCUT2D eigenvalue weighted by atomic mass is 9.97. The molecular weight excluding hydrogens is 354 g/mol. The summed E-state index contributed by atoms with van der Waals surface area (Å²) in [7, 11) is 0. The molecule has 0 aromatic rings. The van der Waals surface area contributed by atoms with Crippen LogP contribution < -0.4 is 27.4 Å². The molecule has 0 aliphatic heterocycles. The molecule has 0 saturated carbocycles. The minimum Gasteiger partial charge on any atom is -0.480 e. The molecule has 0 aromatic heterocycles. The van der Waals surface area contributed by atoms with Crippen LogP contribution in [0.25, 0.3) is 0 Å². The number of carboxylic acids is 1. The van der Waals surface area contributed by atoms with Crippen molar-refractivity contribution < 1.29 is 24.3 Å². The Kier molecular flexibility index (Phi) is 12.0. The highest BCUT2D eigenvalue weighted by Crippen LogP contribution is 2.09. The number of nitrogens with one attached hydrogen (secondary N) is 3. The maximum atomic E-state index is 12.6. The van der Waals surface area contributed by atoms with E-state index < -0.39 is 41.8 Å². The summed E-state index contributed by atoms with van der Waals surface area (Å²) in [5.74, 6) is -2.98. The van der Waals surface area contributed by atoms with Crippen molar-refractivity contribution in [2.75, 3.05) is 13.1 Å². The lowest BCUT2D eigenvalue weighted by Gasteiger charge is -2.25. The summed E-state index contributed by atoms with van der Waals surface area (Å²) >= 11 is 0. The zero-order valence-electron chi connectivity index (χ0n) is 16.3. The summed E-state index contributed by atoms with van der Waals surface area (Å²) < 4.78 is 0. The molecule has 156 valence electrons. The number of carboxylic acid groups (broad SMARTS) is 1. The molecule has 10 heteroatoms. The van der Waals surface area contributed by atoms with Crippen molar-refractivity contribution in [2.24, 2.45) is 17.4 Å². The Morgan fingerprint density at radius 1 is 1.04 bits per heavy atom. The van der Waals surface area contributed by atoms with E-state index in [1.807, 2.05) is 6.92 Å². The average Bonchev–Trinajstić information content (AvgIpc) is 2.62. The van der Waals surface area contributed by atoms with E-state index in [9.17, 15) is 24.3 Å². The Bertz CT molecular complexity index is 512. The van der Waals surface area contributed by atoms with Crippen molar-refractivity contribution in [1.29, 1.82) is 0 Å². The second kappa shape index (κ2) is 13.0. The van der Waals surface area contributed by atoms with Gasteiger partial charge in [0.05, 0.1) is 12.6 Å². The molecule has 0 radical (unpaired) electrons. The maximum absolute atomic E-state index is 12.6. The molecule has 4 atom stereocenters. The first kappa shape index (κ1) is 24.8. The zero-order chi connectivity index (χ0) is 21.0. The number of hydrogen-bond donors (Lipinski definition) is 6. The number of aliphatic carboxylic acids is 1. The van der Waals surface area contributed by atoms with Crippen molar-refractivity contribution in [2.45, 2.75) is 64.6 Å². The number of rotatable bonds is 13. The van der Waals surface area contributed by atoms with Gasteiger partial charge in [0.2, 0.25) is 17.7 Å². The van der Waals surface area contributed by atoms with Crippen molar-refractivity contribution in [3.8, 4) is 0 Å². The van der Waals surface area contributed by atoms with Gasteiger partial charge in [0.15, 0.2) is 0 Å². The van der Waals surface area contributed by atoms with Gasteiger partial charge in [0.1, 0.15) is 12.1 Å². The predicted molar refractivity (Wildman–Crippen MR) is 101 cm³/mol. The first-order valence-electron chi connectivity index (χ1n) is 9.19. The number of amides is 3. The molecule has 0 fully saturated rings. The summed E-state index contributed by atoms with van der Waals surface area (Å²) in [6.07, 6.45) is 2.07. The molecule has 27 heavy (non-hydrogen) atoms. The van der Waals surface area contributed by atoms with E-state index in [1.54, 1.807) is 6.92 Å². The summed E-state index contributed by atoms with van der Waals surface area (Å²) in [6.45, 7) is 5.23. The van der Waals surface area contributed by atoms with Crippen LogP contribution in [0.2, 0.25) is 0 Å². The van der Waals surface area contributed by atoms with Crippen LogP contribution in [0, 0.1) is 5.92 Å². The number of hydrogen-bond acceptors (Lipinski definition) is 6. The fourth-order valence-electron chi connectivity index (χ4n) is 2.27. The van der Waals surface area contributed by atoms with Gasteiger partial charge in [0.25, 0.3) is 0 Å². The quantitative estimate of drug-likeness (QED) is 0.212. The van der Waals surface area contributed by atoms with Crippen molar-refractivity contribution in [3.63, 3.8) is 0 Å². The molecule has 0 aliphatic carbocycles. The Balaban J connectivity index is 4.90. The molecule has 8 N–H and O–H groups in total. The molecule has 0 rings (SSSR count). The minimum absolute atomic E-state index is 0.225. The first-order valence-corrected chi connectivity index (χ1v) is 9.19. The molecule has 0 heterocycles. The lowest BCUT2D eigenvalue weighted by Crippen LogP contribution is -2.55. The molecule has 0 aromatic carbocycles. The third-order valence-electron chi connectivity index (χ3n) is 4.21. The monoisotopic (exact) mass is 387 g/mol. The van der Waals surface area contributed by atoms with E-state index in [0.29, 0.717) is 25.8 Å². The van der Waals surface area contributed by atoms with Crippen LogP contribution in [0.3, 0.4) is 0 Å². The molecule has 10 nitrogen and oxygen atoms in total. The fraction of sp³-hybridized carbons (Fsp3) is 0.765. The second-order valence-corrected chi connectivity index (χ2v) is 6.62. The largest absolute Gasteiger partial charge is 0.480 e. The number of carbonyl (C=O) groups excluding carboxylic acids is 3. The summed E-state index contributed by atoms with van der Waals surface area (Å²) in [6, 6.07) is -2.72. The van der Waals surface area contributed by atoms with Crippen LogP contribution in [0.15, 0.2) is 0 Å². The Labute approximate surface area is 159 Å². The topological polar surface area (TPSA) is 177 Å². The van der Waals surface area contributed by atoms with Gasteiger partial charge in [-0.1, -0.05) is 20.3 Å². The SMILES string of the molecule is CCC(C)C(NC(=O)CNC(=O)C(C)N)C(=O)NC(CCCCN)C(=O)O. The lowest BCUT2D eigenvalue weighted by molar-refractivity contribution is -0.142. The second-order valence-electron chi connectivity index (χ2n) is 6.62. The van der Waals surface area contributed by atoms with E-state index in [4.69, 9.17) is 11.5 Å². The van der Waals surface area contributed by atoms with Gasteiger partial charge in [0, 0.05) is 0 Å². The zero-order valence-corrected chi connectivity index (χ0v) is 16.3. The molecule has 0 spiro atoms. The summed E-state index contributed by atoms with van der Waals surface area (Å²) in [5, 5.41) is 16.7. The van der Waals surface area contributed by atoms with Crippen LogP contribution in [-0.4, -0.2) is 60.0 Å². The first-order chi connectivity index (χ1) is 12.6. The van der Waals surface area contributed by atoms with Gasteiger partial charge >= 0.3 is 5.97 Å². The third kappa shape index (κ3) is 9.90. The molecule has 4 unspecified atom stereocenters. The molecule has 0 saturated heterocycles. The van der Waals surface area contributed by atoms with Gasteiger partial charge in [-0.05, 0) is 38.6 Å². The van der Waals surface area contributed by atoms with E-state index >= 15 is 0 Å². The van der Waals surface area contributed by atoms with E-state index in [0.717, 1.165) is 0 Å². The van der Waals surface area contributed by atoms with E-state index in [1.165, 1.54) is 6.92 Å². The van der Waals surface area contributed by atoms with Crippen molar-refractivity contribution >= 4 is 23.7 Å². The van der Waals surface area contributed by atoms with E-state index in [-0.39, 0.29) is 18.9 Å². The minimum atomic E-state index is -1.14. The number of nitrogens with two attached hydrogens (primary N) is 2. The normalized spacial score (nSPS) is 15.1. The summed E-state index contributed by atoms with van der Waals surface area (Å²) in [5.41, 5.74) is 10.8. The standard InChI is InChI=1S/C17H33N5O5/c1-4-10(2)14(22-13(23)9-20-15(24)11(3)19)16(25)21-12(17(26)27)7-5-6-8-18/h10-12,14H,4-9,18-19H2,1-3H3,(H,20,24)(H,21,25)(H,22,23)(H,26,27). The average molecular weight is 387 g/mol. The Hall–Kier alpha value is -2.20. The Morgan fingerprint density at radius 2 is 1.67 bits per heavy atom. The van der Waals surface area contributed by atoms with Crippen LogP contribution in [0.1, 0.15) is 46.5 Å². The fourth-order valence-corrected chi connectivity index (χ4v) is 2.27. The maximum Gasteiger partial charge on any atom is 0.326 e. The van der Waals surface area contributed by atoms with Crippen LogP contribution in [-0.2, 0) is 19.2 Å². The smallest absolute Gasteiger partial charge is 0.326 e. The van der Waals surface area contributed by atoms with Gasteiger partial charge in [-0.25, -0.2) is 4.79 Å². The van der Waals surface area contributed by atoms with Gasteiger partial charge in [-0.15, -0.1) is 0 Å². The predicted octanol–water partition coefficient (Wildman–Crippen LogP) is -1.32. The van der Waals surface area contributed by atoms with E-state index in [2.05, 4.69) is 16.0 Å². The molecule has 0 bridgehead atoms. The van der Waals surface area contributed by atoms with Crippen molar-refractivity contribution in [3.05, 3.63) is 0 Å². The van der Waals surface area contributed by atoms with Crippen LogP contribution >= 0.6 is 0 Å². The molecule has 0 aliphatic rings. The highest BCUT2D eigenvalue weighted by molar-refractivity contribution is 5.92. The van der Waals surface area contributed by atoms with Gasteiger partial charge in [-0.2, -0.15) is 0 Å². The van der Waals surface area contributed by atoms with Gasteiger partial charge in [-0.3, -0.25) is 14.4 Å². The van der Waals surface area contributed by atoms with Crippen molar-refractivity contribution in [1.82, 2.24) is 16.0 Å². The van der Waals surface area contributed by atoms with Crippen LogP contribution in [0.4, 0.5) is 0 Å². The summed E-state index contributed by atoms with van der Waals surface area (Å²) in [4.78, 5) is 47.4.